The van der Waals surface area contributed by atoms with Crippen LogP contribution in [-0.2, 0) is 6.18 Å². The number of fused-ring (bicyclic) bond motifs is 1. The highest BCUT2D eigenvalue weighted by Gasteiger charge is 2.33. The van der Waals surface area contributed by atoms with Crippen molar-refractivity contribution in [1.82, 2.24) is 19.5 Å². The lowest BCUT2D eigenvalue weighted by molar-refractivity contribution is -0.137. The molecule has 2 amide bonds. The maximum atomic E-state index is 13.0. The summed E-state index contributed by atoms with van der Waals surface area (Å²) in [4.78, 5) is 24.5. The number of carbonyl (C=O) groups excluding carboxylic acids is 1. The number of rotatable bonds is 3. The van der Waals surface area contributed by atoms with Crippen molar-refractivity contribution < 1.29 is 23.2 Å². The van der Waals surface area contributed by atoms with Crippen LogP contribution in [0.5, 0.6) is 0 Å². The van der Waals surface area contributed by atoms with Crippen molar-refractivity contribution in [3.63, 3.8) is 0 Å². The molecule has 2 aromatic heterocycles. The highest BCUT2D eigenvalue weighted by atomic mass is 35.5. The summed E-state index contributed by atoms with van der Waals surface area (Å²) in [5, 5.41) is 12.1. The molecular formula is C19H12ClF3N6O2. The SMILES string of the molecule is O=C(Nc1ccc(Cl)c(C(F)(F)F)c1)N(O)c1ccc(-n2cnc3cncnc32)cc1. The van der Waals surface area contributed by atoms with E-state index in [1.807, 2.05) is 0 Å². The monoisotopic (exact) mass is 448 g/mol. The van der Waals surface area contributed by atoms with Gasteiger partial charge in [-0.05, 0) is 42.5 Å². The quantitative estimate of drug-likeness (QED) is 0.343. The van der Waals surface area contributed by atoms with Crippen molar-refractivity contribution in [3.8, 4) is 5.69 Å². The summed E-state index contributed by atoms with van der Waals surface area (Å²) < 4.78 is 40.6. The molecule has 31 heavy (non-hydrogen) atoms. The van der Waals surface area contributed by atoms with E-state index < -0.39 is 22.8 Å². The first kappa shape index (κ1) is 20.6. The Labute approximate surface area is 177 Å². The number of nitrogens with one attached hydrogen (secondary N) is 1. The topological polar surface area (TPSA) is 96.2 Å². The molecule has 2 heterocycles. The molecule has 0 spiro atoms. The Morgan fingerprint density at radius 2 is 1.87 bits per heavy atom. The van der Waals surface area contributed by atoms with Gasteiger partial charge in [-0.2, -0.15) is 18.2 Å². The van der Waals surface area contributed by atoms with E-state index in [0.717, 1.165) is 6.07 Å². The minimum absolute atomic E-state index is 0.0882. The number of anilines is 2. The number of nitrogens with zero attached hydrogens (tertiary/aromatic N) is 5. The van der Waals surface area contributed by atoms with Crippen LogP contribution in [0.15, 0.2) is 61.3 Å². The molecule has 2 N–H and O–H groups in total. The maximum absolute atomic E-state index is 13.0. The minimum Gasteiger partial charge on any atom is -0.306 e. The van der Waals surface area contributed by atoms with Crippen molar-refractivity contribution in [1.29, 1.82) is 0 Å². The lowest BCUT2D eigenvalue weighted by Gasteiger charge is -2.17. The van der Waals surface area contributed by atoms with Gasteiger partial charge >= 0.3 is 12.2 Å². The number of benzene rings is 2. The van der Waals surface area contributed by atoms with E-state index in [1.54, 1.807) is 29.2 Å². The van der Waals surface area contributed by atoms with Crippen molar-refractivity contribution in [2.75, 3.05) is 10.4 Å². The summed E-state index contributed by atoms with van der Waals surface area (Å²) in [5.41, 5.74) is 0.635. The van der Waals surface area contributed by atoms with E-state index in [-0.39, 0.29) is 16.4 Å². The number of urea groups is 1. The summed E-state index contributed by atoms with van der Waals surface area (Å²) in [7, 11) is 0. The lowest BCUT2D eigenvalue weighted by atomic mass is 10.2. The average molecular weight is 449 g/mol. The van der Waals surface area contributed by atoms with Crippen LogP contribution in [-0.4, -0.2) is 30.8 Å². The molecule has 0 bridgehead atoms. The minimum atomic E-state index is -4.69. The molecule has 4 aromatic rings. The van der Waals surface area contributed by atoms with Gasteiger partial charge in [0.15, 0.2) is 5.65 Å². The molecule has 0 saturated heterocycles. The van der Waals surface area contributed by atoms with Gasteiger partial charge in [-0.25, -0.2) is 19.7 Å². The molecule has 0 radical (unpaired) electrons. The van der Waals surface area contributed by atoms with Crippen molar-refractivity contribution in [2.45, 2.75) is 6.18 Å². The summed E-state index contributed by atoms with van der Waals surface area (Å²) in [6.45, 7) is 0. The van der Waals surface area contributed by atoms with Crippen LogP contribution < -0.4 is 10.4 Å². The molecule has 0 atom stereocenters. The summed E-state index contributed by atoms with van der Waals surface area (Å²) in [6, 6.07) is 7.95. The Morgan fingerprint density at radius 1 is 1.13 bits per heavy atom. The molecule has 12 heteroatoms. The number of alkyl halides is 3. The summed E-state index contributed by atoms with van der Waals surface area (Å²) >= 11 is 5.56. The molecule has 0 aliphatic heterocycles. The van der Waals surface area contributed by atoms with Gasteiger partial charge in [0, 0.05) is 11.4 Å². The summed E-state index contributed by atoms with van der Waals surface area (Å²) in [6.07, 6.45) is -0.185. The fourth-order valence-electron chi connectivity index (χ4n) is 2.82. The number of aromatic nitrogens is 4. The van der Waals surface area contributed by atoms with Crippen LogP contribution in [0, 0.1) is 0 Å². The highest BCUT2D eigenvalue weighted by Crippen LogP contribution is 2.36. The molecule has 8 nitrogen and oxygen atoms in total. The van der Waals surface area contributed by atoms with E-state index in [2.05, 4.69) is 20.3 Å². The zero-order valence-corrected chi connectivity index (χ0v) is 16.1. The maximum Gasteiger partial charge on any atom is 0.417 e. The molecule has 0 fully saturated rings. The Bertz CT molecular complexity index is 1260. The van der Waals surface area contributed by atoms with Gasteiger partial charge in [0.25, 0.3) is 0 Å². The van der Waals surface area contributed by atoms with E-state index in [9.17, 15) is 23.2 Å². The molecule has 0 saturated carbocycles. The predicted octanol–water partition coefficient (Wildman–Crippen LogP) is 4.92. The van der Waals surface area contributed by atoms with E-state index in [4.69, 9.17) is 11.6 Å². The van der Waals surface area contributed by atoms with Crippen LogP contribution in [0.1, 0.15) is 5.56 Å². The van der Waals surface area contributed by atoms with Crippen LogP contribution in [0.4, 0.5) is 29.3 Å². The first-order chi connectivity index (χ1) is 14.7. The molecular weight excluding hydrogens is 437 g/mol. The van der Waals surface area contributed by atoms with Gasteiger partial charge in [0.2, 0.25) is 0 Å². The first-order valence-corrected chi connectivity index (χ1v) is 9.02. The second-order valence-corrected chi connectivity index (χ2v) is 6.70. The number of amides is 2. The number of hydrogen-bond donors (Lipinski definition) is 2. The third kappa shape index (κ3) is 4.13. The van der Waals surface area contributed by atoms with Crippen LogP contribution in [0.2, 0.25) is 5.02 Å². The second-order valence-electron chi connectivity index (χ2n) is 6.30. The third-order valence-electron chi connectivity index (χ3n) is 4.30. The lowest BCUT2D eigenvalue weighted by Crippen LogP contribution is -2.31. The Balaban J connectivity index is 1.52. The number of imidazole rings is 1. The third-order valence-corrected chi connectivity index (χ3v) is 4.63. The van der Waals surface area contributed by atoms with Gasteiger partial charge in [0.05, 0.1) is 22.5 Å². The van der Waals surface area contributed by atoms with Crippen LogP contribution >= 0.6 is 11.6 Å². The van der Waals surface area contributed by atoms with Crippen molar-refractivity contribution in [2.24, 2.45) is 0 Å². The Hall–Kier alpha value is -3.70. The van der Waals surface area contributed by atoms with Gasteiger partial charge in [-0.3, -0.25) is 9.77 Å². The Kier molecular flexibility index (Phi) is 5.21. The summed E-state index contributed by atoms with van der Waals surface area (Å²) in [5.74, 6) is 0. The van der Waals surface area contributed by atoms with Crippen LogP contribution in [0.3, 0.4) is 0 Å². The normalized spacial score (nSPS) is 11.5. The van der Waals surface area contributed by atoms with Gasteiger partial charge < -0.3 is 5.32 Å². The van der Waals surface area contributed by atoms with E-state index >= 15 is 0 Å². The standard InChI is InChI=1S/C19H12ClF3N6O2/c20-15-6-1-11(7-14(15)19(21,22)23)27-18(30)29(31)13-4-2-12(3-5-13)28-10-26-16-8-24-9-25-17(16)28/h1-10,31H,(H,27,30). The fourth-order valence-corrected chi connectivity index (χ4v) is 3.05. The Morgan fingerprint density at radius 3 is 2.58 bits per heavy atom. The second kappa shape index (κ2) is 7.85. The fraction of sp³-hybridized carbons (Fsp3) is 0.0526. The zero-order valence-electron chi connectivity index (χ0n) is 15.4. The predicted molar refractivity (Wildman–Crippen MR) is 106 cm³/mol. The van der Waals surface area contributed by atoms with E-state index in [1.165, 1.54) is 24.5 Å². The number of halogens is 4. The number of carbonyl (C=O) groups is 1. The molecule has 4 rings (SSSR count). The van der Waals surface area contributed by atoms with Crippen LogP contribution in [0.25, 0.3) is 16.9 Å². The molecule has 0 aliphatic rings. The molecule has 0 unspecified atom stereocenters. The van der Waals surface area contributed by atoms with Gasteiger partial charge in [0.1, 0.15) is 18.2 Å². The molecule has 158 valence electrons. The van der Waals surface area contributed by atoms with Gasteiger partial charge in [-0.15, -0.1) is 0 Å². The number of hydrogen-bond acceptors (Lipinski definition) is 5. The highest BCUT2D eigenvalue weighted by molar-refractivity contribution is 6.31. The molecule has 0 aliphatic carbocycles. The first-order valence-electron chi connectivity index (χ1n) is 8.64. The smallest absolute Gasteiger partial charge is 0.306 e. The number of hydroxylamine groups is 1. The van der Waals surface area contributed by atoms with Gasteiger partial charge in [-0.1, -0.05) is 11.6 Å². The van der Waals surface area contributed by atoms with E-state index in [0.29, 0.717) is 22.9 Å². The van der Waals surface area contributed by atoms with Crippen molar-refractivity contribution >= 4 is 40.2 Å². The zero-order chi connectivity index (χ0) is 22.2. The average Bonchev–Trinajstić information content (AvgIpc) is 3.18. The molecule has 2 aromatic carbocycles. The van der Waals surface area contributed by atoms with Crippen molar-refractivity contribution in [3.05, 3.63) is 71.9 Å². The largest absolute Gasteiger partial charge is 0.417 e.